The van der Waals surface area contributed by atoms with E-state index in [1.165, 1.54) is 16.4 Å². The Kier molecular flexibility index (Phi) is 4.77. The molecule has 128 valence electrons. The summed E-state index contributed by atoms with van der Waals surface area (Å²) in [6, 6.07) is 4.57. The molecule has 23 heavy (non-hydrogen) atoms. The van der Waals surface area contributed by atoms with E-state index in [1.54, 1.807) is 6.07 Å². The maximum Gasteiger partial charge on any atom is 0.243 e. The minimum atomic E-state index is -3.72. The van der Waals surface area contributed by atoms with Gasteiger partial charge in [-0.15, -0.1) is 0 Å². The molecular formula is C15H21NO6S. The first-order valence-electron chi connectivity index (χ1n) is 7.71. The topological polar surface area (TPSA) is 96.3 Å². The van der Waals surface area contributed by atoms with Gasteiger partial charge in [0.15, 0.2) is 11.5 Å². The molecule has 1 aromatic rings. The average molecular weight is 343 g/mol. The summed E-state index contributed by atoms with van der Waals surface area (Å²) >= 11 is 0. The van der Waals surface area contributed by atoms with E-state index in [9.17, 15) is 13.5 Å². The Labute approximate surface area is 135 Å². The van der Waals surface area contributed by atoms with Gasteiger partial charge in [-0.3, -0.25) is 0 Å². The minimum Gasteiger partial charge on any atom is -0.490 e. The van der Waals surface area contributed by atoms with Crippen LogP contribution >= 0.6 is 0 Å². The number of piperidine rings is 1. The fraction of sp³-hybridized carbons (Fsp3) is 0.600. The van der Waals surface area contributed by atoms with Crippen molar-refractivity contribution in [1.82, 2.24) is 4.31 Å². The number of fused-ring (bicyclic) bond motifs is 1. The summed E-state index contributed by atoms with van der Waals surface area (Å²) in [5.41, 5.74) is 0. The summed E-state index contributed by atoms with van der Waals surface area (Å²) in [5, 5.41) is 19.1. The van der Waals surface area contributed by atoms with Gasteiger partial charge >= 0.3 is 0 Å². The third kappa shape index (κ3) is 3.30. The second-order valence-electron chi connectivity index (χ2n) is 5.82. The number of ether oxygens (including phenoxy) is 2. The number of aliphatic hydroxyl groups is 2. The van der Waals surface area contributed by atoms with Gasteiger partial charge in [-0.1, -0.05) is 0 Å². The summed E-state index contributed by atoms with van der Waals surface area (Å²) < 4.78 is 37.8. The van der Waals surface area contributed by atoms with Crippen molar-refractivity contribution >= 4 is 10.0 Å². The summed E-state index contributed by atoms with van der Waals surface area (Å²) in [6.07, 6.45) is 0.322. The number of rotatable bonds is 3. The summed E-state index contributed by atoms with van der Waals surface area (Å²) in [4.78, 5) is 0.122. The quantitative estimate of drug-likeness (QED) is 0.815. The van der Waals surface area contributed by atoms with E-state index < -0.39 is 16.1 Å². The Morgan fingerprint density at radius 2 is 1.96 bits per heavy atom. The van der Waals surface area contributed by atoms with Crippen LogP contribution < -0.4 is 9.47 Å². The van der Waals surface area contributed by atoms with Crippen molar-refractivity contribution in [2.75, 3.05) is 32.9 Å². The van der Waals surface area contributed by atoms with Crippen LogP contribution in [0, 0.1) is 5.92 Å². The largest absolute Gasteiger partial charge is 0.490 e. The van der Waals surface area contributed by atoms with Gasteiger partial charge in [-0.05, 0) is 18.6 Å². The van der Waals surface area contributed by atoms with Gasteiger partial charge in [0.05, 0.1) is 24.2 Å². The monoisotopic (exact) mass is 343 g/mol. The van der Waals surface area contributed by atoms with Crippen molar-refractivity contribution in [2.24, 2.45) is 5.92 Å². The summed E-state index contributed by atoms with van der Waals surface area (Å²) in [7, 11) is -3.72. The van der Waals surface area contributed by atoms with Crippen molar-refractivity contribution in [3.63, 3.8) is 0 Å². The molecule has 0 bridgehead atoms. The first-order valence-corrected chi connectivity index (χ1v) is 9.15. The molecule has 0 aromatic heterocycles. The molecule has 0 spiro atoms. The van der Waals surface area contributed by atoms with Crippen molar-refractivity contribution in [2.45, 2.75) is 23.8 Å². The first kappa shape index (κ1) is 16.5. The van der Waals surface area contributed by atoms with Gasteiger partial charge < -0.3 is 19.7 Å². The molecule has 0 unspecified atom stereocenters. The highest BCUT2D eigenvalue weighted by Gasteiger charge is 2.34. The molecule has 7 nitrogen and oxygen atoms in total. The number of nitrogens with zero attached hydrogens (tertiary/aromatic N) is 1. The van der Waals surface area contributed by atoms with Crippen LogP contribution in [0.15, 0.2) is 23.1 Å². The number of hydrogen-bond donors (Lipinski definition) is 2. The number of aliphatic hydroxyl groups excluding tert-OH is 2. The Morgan fingerprint density at radius 3 is 2.65 bits per heavy atom. The summed E-state index contributed by atoms with van der Waals surface area (Å²) in [5.74, 6) is 0.695. The van der Waals surface area contributed by atoms with E-state index in [2.05, 4.69) is 0 Å². The smallest absolute Gasteiger partial charge is 0.243 e. The lowest BCUT2D eigenvalue weighted by atomic mass is 9.96. The third-order valence-electron chi connectivity index (χ3n) is 4.28. The van der Waals surface area contributed by atoms with Crippen LogP contribution in [0.5, 0.6) is 11.5 Å². The van der Waals surface area contributed by atoms with E-state index in [0.29, 0.717) is 31.1 Å². The highest BCUT2D eigenvalue weighted by atomic mass is 32.2. The second-order valence-corrected chi connectivity index (χ2v) is 7.76. The van der Waals surface area contributed by atoms with Crippen LogP contribution in [0.3, 0.4) is 0 Å². The lowest BCUT2D eigenvalue weighted by molar-refractivity contribution is 0.0222. The Hall–Kier alpha value is -1.35. The zero-order chi connectivity index (χ0) is 16.4. The minimum absolute atomic E-state index is 0.0119. The van der Waals surface area contributed by atoms with Crippen LogP contribution in [0.4, 0.5) is 0 Å². The lowest BCUT2D eigenvalue weighted by Crippen LogP contribution is -2.47. The maximum atomic E-state index is 12.8. The predicted octanol–water partition coefficient (Wildman–Crippen LogP) is 0.212. The molecule has 0 amide bonds. The van der Waals surface area contributed by atoms with Crippen LogP contribution in [0.25, 0.3) is 0 Å². The molecule has 3 rings (SSSR count). The van der Waals surface area contributed by atoms with Gasteiger partial charge in [0, 0.05) is 38.1 Å². The molecule has 2 heterocycles. The SMILES string of the molecule is O=S(=O)(c1ccc2c(c1)OCCCO2)N1CC[C@H](CO)[C@@H](O)C1. The van der Waals surface area contributed by atoms with Crippen LogP contribution in [-0.4, -0.2) is 62.0 Å². The Morgan fingerprint density at radius 1 is 1.22 bits per heavy atom. The van der Waals surface area contributed by atoms with E-state index >= 15 is 0 Å². The summed E-state index contributed by atoms with van der Waals surface area (Å²) in [6.45, 7) is 1.15. The molecule has 2 N–H and O–H groups in total. The van der Waals surface area contributed by atoms with Gasteiger partial charge in [-0.2, -0.15) is 4.31 Å². The molecule has 0 aliphatic carbocycles. The van der Waals surface area contributed by atoms with E-state index in [0.717, 1.165) is 6.42 Å². The molecule has 2 aliphatic heterocycles. The van der Waals surface area contributed by atoms with Crippen molar-refractivity contribution in [3.8, 4) is 11.5 Å². The van der Waals surface area contributed by atoms with Gasteiger partial charge in [0.25, 0.3) is 0 Å². The predicted molar refractivity (Wildman–Crippen MR) is 82.0 cm³/mol. The first-order chi connectivity index (χ1) is 11.0. The highest BCUT2D eigenvalue weighted by molar-refractivity contribution is 7.89. The molecule has 0 saturated carbocycles. The molecule has 1 fully saturated rings. The maximum absolute atomic E-state index is 12.8. The highest BCUT2D eigenvalue weighted by Crippen LogP contribution is 2.33. The number of hydrogen-bond acceptors (Lipinski definition) is 6. The van der Waals surface area contributed by atoms with Crippen molar-refractivity contribution in [1.29, 1.82) is 0 Å². The fourth-order valence-electron chi connectivity index (χ4n) is 2.84. The Balaban J connectivity index is 1.84. The van der Waals surface area contributed by atoms with Gasteiger partial charge in [-0.25, -0.2) is 8.42 Å². The third-order valence-corrected chi connectivity index (χ3v) is 6.14. The van der Waals surface area contributed by atoms with Crippen molar-refractivity contribution in [3.05, 3.63) is 18.2 Å². The van der Waals surface area contributed by atoms with E-state index in [-0.39, 0.29) is 30.5 Å². The van der Waals surface area contributed by atoms with E-state index in [4.69, 9.17) is 14.6 Å². The lowest BCUT2D eigenvalue weighted by Gasteiger charge is -2.34. The molecule has 2 aliphatic rings. The molecule has 1 aromatic carbocycles. The zero-order valence-corrected chi connectivity index (χ0v) is 13.5. The second kappa shape index (κ2) is 6.64. The molecule has 8 heteroatoms. The zero-order valence-electron chi connectivity index (χ0n) is 12.7. The molecule has 1 saturated heterocycles. The van der Waals surface area contributed by atoms with Crippen molar-refractivity contribution < 1.29 is 28.1 Å². The van der Waals surface area contributed by atoms with Crippen LogP contribution in [0.2, 0.25) is 0 Å². The number of benzene rings is 1. The van der Waals surface area contributed by atoms with E-state index in [1.807, 2.05) is 0 Å². The fourth-order valence-corrected chi connectivity index (χ4v) is 4.32. The standard InChI is InChI=1S/C15H21NO6S/c17-10-11-4-5-16(9-13(11)18)23(19,20)12-2-3-14-15(8-12)22-7-1-6-21-14/h2-3,8,11,13,17-18H,1,4-7,9-10H2/t11-,13+/m1/s1. The molecule has 0 radical (unpaired) electrons. The normalized spacial score (nSPS) is 25.8. The molecular weight excluding hydrogens is 322 g/mol. The van der Waals surface area contributed by atoms with Crippen LogP contribution in [-0.2, 0) is 10.0 Å². The molecule has 2 atom stereocenters. The van der Waals surface area contributed by atoms with Gasteiger partial charge in [0.1, 0.15) is 0 Å². The van der Waals surface area contributed by atoms with Gasteiger partial charge in [0.2, 0.25) is 10.0 Å². The Bertz CT molecular complexity index is 662. The average Bonchev–Trinajstić information content (AvgIpc) is 2.79. The number of β-amino-alcohol motifs (C(OH)–C–C–N with tert-alkyl or cyclic N) is 1. The van der Waals surface area contributed by atoms with Crippen LogP contribution in [0.1, 0.15) is 12.8 Å². The number of sulfonamides is 1.